The van der Waals surface area contributed by atoms with Gasteiger partial charge in [0.2, 0.25) is 0 Å². The zero-order valence-electron chi connectivity index (χ0n) is 5.87. The van der Waals surface area contributed by atoms with Gasteiger partial charge in [0, 0.05) is 6.42 Å². The number of rotatable bonds is 3. The summed E-state index contributed by atoms with van der Waals surface area (Å²) in [6.45, 7) is 2.08. The number of urea groups is 1. The average molecular weight is 139 g/mol. The molecular weight excluding hydrogens is 130 g/mol. The van der Waals surface area contributed by atoms with Crippen molar-refractivity contribution < 1.29 is 4.79 Å². The van der Waals surface area contributed by atoms with E-state index in [1.54, 1.807) is 0 Å². The molecule has 0 unspecified atom stereocenters. The van der Waals surface area contributed by atoms with Gasteiger partial charge in [-0.15, -0.1) is 5.11 Å². The fraction of sp³-hybridized carbons (Fsp3) is 0.667. The summed E-state index contributed by atoms with van der Waals surface area (Å²) in [5.41, 5.74) is 0. The lowest BCUT2D eigenvalue weighted by Gasteiger charge is -1.89. The normalized spacial score (nSPS) is 16.1. The number of hydrogen-bond acceptors (Lipinski definition) is 2. The van der Waals surface area contributed by atoms with E-state index < -0.39 is 6.03 Å². The van der Waals surface area contributed by atoms with Crippen LogP contribution in [-0.2, 0) is 0 Å². The Morgan fingerprint density at radius 3 is 2.70 bits per heavy atom. The van der Waals surface area contributed by atoms with Gasteiger partial charge in [0.15, 0.2) is 5.84 Å². The van der Waals surface area contributed by atoms with Gasteiger partial charge in [-0.05, 0) is 6.42 Å². The Bertz CT molecular complexity index is 195. The van der Waals surface area contributed by atoms with Crippen molar-refractivity contribution >= 4 is 11.9 Å². The molecule has 2 amide bonds. The van der Waals surface area contributed by atoms with Crippen molar-refractivity contribution in [3.63, 3.8) is 0 Å². The molecule has 1 rings (SSSR count). The molecule has 0 aliphatic carbocycles. The molecule has 4 heteroatoms. The Hall–Kier alpha value is -1.06. The van der Waals surface area contributed by atoms with Crippen LogP contribution in [0.25, 0.3) is 0 Å². The summed E-state index contributed by atoms with van der Waals surface area (Å²) < 4.78 is 0. The van der Waals surface area contributed by atoms with Gasteiger partial charge in [-0.25, -0.2) is 4.79 Å². The van der Waals surface area contributed by atoms with Gasteiger partial charge in [0.25, 0.3) is 0 Å². The van der Waals surface area contributed by atoms with Crippen LogP contribution in [0.2, 0.25) is 0 Å². The molecule has 0 aromatic carbocycles. The maximum atomic E-state index is 10.4. The maximum absolute atomic E-state index is 10.4. The molecule has 54 valence electrons. The molecule has 0 radical (unpaired) electrons. The zero-order chi connectivity index (χ0) is 7.40. The molecule has 0 fully saturated rings. The Kier molecular flexibility index (Phi) is 2.25. The van der Waals surface area contributed by atoms with E-state index >= 15 is 0 Å². The van der Waals surface area contributed by atoms with E-state index in [0.29, 0.717) is 5.84 Å². The van der Waals surface area contributed by atoms with E-state index in [1.807, 2.05) is 0 Å². The number of hydrogen-bond donors (Lipinski definition) is 0. The van der Waals surface area contributed by atoms with Crippen molar-refractivity contribution in [1.82, 2.24) is 0 Å². The largest absolute Gasteiger partial charge is 0.387 e. The molecule has 0 N–H and O–H groups in total. The molecule has 0 saturated carbocycles. The second-order valence-corrected chi connectivity index (χ2v) is 2.11. The van der Waals surface area contributed by atoms with Crippen LogP contribution in [0.5, 0.6) is 0 Å². The van der Waals surface area contributed by atoms with Gasteiger partial charge >= 0.3 is 6.03 Å². The van der Waals surface area contributed by atoms with Crippen molar-refractivity contribution in [3.8, 4) is 0 Å². The van der Waals surface area contributed by atoms with Crippen LogP contribution in [-0.4, -0.2) is 11.9 Å². The van der Waals surface area contributed by atoms with E-state index in [2.05, 4.69) is 22.1 Å². The molecule has 1 aliphatic rings. The number of amides is 2. The monoisotopic (exact) mass is 139 g/mol. The van der Waals surface area contributed by atoms with Crippen molar-refractivity contribution in [2.45, 2.75) is 26.2 Å². The summed E-state index contributed by atoms with van der Waals surface area (Å²) in [4.78, 5) is 13.9. The van der Waals surface area contributed by atoms with Gasteiger partial charge in [0.1, 0.15) is 0 Å². The Balaban J connectivity index is 2.37. The van der Waals surface area contributed by atoms with Crippen LogP contribution in [0.15, 0.2) is 15.2 Å². The highest BCUT2D eigenvalue weighted by Gasteiger charge is 2.07. The fourth-order valence-electron chi connectivity index (χ4n) is 0.696. The molecule has 0 saturated heterocycles. The molecule has 0 spiro atoms. The van der Waals surface area contributed by atoms with Crippen LogP contribution < -0.4 is 0 Å². The van der Waals surface area contributed by atoms with E-state index in [-0.39, 0.29) is 0 Å². The lowest BCUT2D eigenvalue weighted by Crippen LogP contribution is -1.89. The number of nitrogens with zero attached hydrogens (tertiary/aromatic N) is 3. The van der Waals surface area contributed by atoms with Crippen molar-refractivity contribution in [3.05, 3.63) is 0 Å². The highest BCUT2D eigenvalue weighted by molar-refractivity contribution is 5.98. The van der Waals surface area contributed by atoms with Gasteiger partial charge in [-0.1, -0.05) is 18.5 Å². The summed E-state index contributed by atoms with van der Waals surface area (Å²) in [5.74, 6) is 0.576. The van der Waals surface area contributed by atoms with Gasteiger partial charge < -0.3 is 0 Å². The van der Waals surface area contributed by atoms with Crippen LogP contribution in [0.3, 0.4) is 0 Å². The summed E-state index contributed by atoms with van der Waals surface area (Å²) >= 11 is 0. The minimum atomic E-state index is -0.467. The molecule has 0 bridgehead atoms. The Morgan fingerprint density at radius 2 is 2.20 bits per heavy atom. The summed E-state index contributed by atoms with van der Waals surface area (Å²) in [6.07, 6.45) is 2.87. The molecular formula is C6H9N3O. The Morgan fingerprint density at radius 1 is 1.40 bits per heavy atom. The van der Waals surface area contributed by atoms with Crippen molar-refractivity contribution in [1.29, 1.82) is 0 Å². The lowest BCUT2D eigenvalue weighted by atomic mass is 10.2. The molecule has 0 atom stereocenters. The highest BCUT2D eigenvalue weighted by atomic mass is 16.2. The lowest BCUT2D eigenvalue weighted by molar-refractivity contribution is 0.257. The van der Waals surface area contributed by atoms with Crippen LogP contribution >= 0.6 is 0 Å². The molecule has 10 heavy (non-hydrogen) atoms. The number of amidine groups is 1. The van der Waals surface area contributed by atoms with Gasteiger partial charge in [-0.3, -0.25) is 0 Å². The minimum Gasteiger partial charge on any atom is -0.242 e. The summed E-state index contributed by atoms with van der Waals surface area (Å²) in [6, 6.07) is -0.467. The average Bonchev–Trinajstić information content (AvgIpc) is 2.31. The van der Waals surface area contributed by atoms with Crippen molar-refractivity contribution in [2.75, 3.05) is 0 Å². The van der Waals surface area contributed by atoms with E-state index in [9.17, 15) is 4.79 Å². The topological polar surface area (TPSA) is 54.1 Å². The van der Waals surface area contributed by atoms with E-state index in [0.717, 1.165) is 19.3 Å². The smallest absolute Gasteiger partial charge is 0.242 e. The van der Waals surface area contributed by atoms with Crippen LogP contribution in [0.1, 0.15) is 26.2 Å². The fourth-order valence-corrected chi connectivity index (χ4v) is 0.696. The molecule has 1 aliphatic heterocycles. The second-order valence-electron chi connectivity index (χ2n) is 2.11. The van der Waals surface area contributed by atoms with Crippen molar-refractivity contribution in [2.24, 2.45) is 15.2 Å². The molecule has 1 heterocycles. The number of carbonyl (C=O) groups excluding carboxylic acids is 1. The predicted molar refractivity (Wildman–Crippen MR) is 37.2 cm³/mol. The maximum Gasteiger partial charge on any atom is 0.387 e. The third kappa shape index (κ3) is 1.72. The SMILES string of the molecule is CCCCC1=NC(=O)N=N1. The highest BCUT2D eigenvalue weighted by Crippen LogP contribution is 2.05. The van der Waals surface area contributed by atoms with Gasteiger partial charge in [-0.2, -0.15) is 4.99 Å². The standard InChI is InChI=1S/C6H9N3O/c1-2-3-4-5-7-6(10)9-8-5/h2-4H2,1H3. The van der Waals surface area contributed by atoms with E-state index in [1.165, 1.54) is 0 Å². The van der Waals surface area contributed by atoms with Crippen LogP contribution in [0, 0.1) is 0 Å². The molecule has 0 aromatic heterocycles. The second kappa shape index (κ2) is 3.20. The zero-order valence-corrected chi connectivity index (χ0v) is 5.87. The van der Waals surface area contributed by atoms with Crippen LogP contribution in [0.4, 0.5) is 4.79 Å². The first-order chi connectivity index (χ1) is 4.83. The number of unbranched alkanes of at least 4 members (excludes halogenated alkanes) is 1. The number of aliphatic imine (C=N–C) groups is 1. The quantitative estimate of drug-likeness (QED) is 0.591. The predicted octanol–water partition coefficient (Wildman–Crippen LogP) is 2.16. The summed E-state index contributed by atoms with van der Waals surface area (Å²) in [7, 11) is 0. The first kappa shape index (κ1) is 7.05. The Labute approximate surface area is 59.1 Å². The molecule has 0 aromatic rings. The third-order valence-electron chi connectivity index (χ3n) is 1.23. The number of carbonyl (C=O) groups is 1. The molecule has 4 nitrogen and oxygen atoms in total. The first-order valence-corrected chi connectivity index (χ1v) is 3.36. The summed E-state index contributed by atoms with van der Waals surface area (Å²) in [5, 5.41) is 6.83. The minimum absolute atomic E-state index is 0.467. The first-order valence-electron chi connectivity index (χ1n) is 3.36. The van der Waals surface area contributed by atoms with Gasteiger partial charge in [0.05, 0.1) is 0 Å². The van der Waals surface area contributed by atoms with E-state index in [4.69, 9.17) is 0 Å². The number of azo groups is 1. The third-order valence-corrected chi connectivity index (χ3v) is 1.23.